The molecule has 3 rings (SSSR count). The third-order valence-electron chi connectivity index (χ3n) is 4.48. The van der Waals surface area contributed by atoms with Crippen molar-refractivity contribution in [2.45, 2.75) is 20.8 Å². The maximum atomic E-state index is 2.25. The second kappa shape index (κ2) is 5.76. The van der Waals surface area contributed by atoms with Gasteiger partial charge in [-0.1, -0.05) is 36.4 Å². The maximum Gasteiger partial charge on any atom is 0.212 e. The molecule has 0 saturated carbocycles. The van der Waals surface area contributed by atoms with Crippen LogP contribution >= 0.6 is 0 Å². The third-order valence-corrected chi connectivity index (χ3v) is 4.48. The second-order valence-electron chi connectivity index (χ2n) is 6.01. The third kappa shape index (κ3) is 2.67. The lowest BCUT2D eigenvalue weighted by Crippen LogP contribution is -2.28. The Labute approximate surface area is 132 Å². The Bertz CT molecular complexity index is 849. The van der Waals surface area contributed by atoms with Gasteiger partial charge in [-0.05, 0) is 54.7 Å². The zero-order chi connectivity index (χ0) is 15.7. The van der Waals surface area contributed by atoms with Gasteiger partial charge in [0.25, 0.3) is 0 Å². The number of para-hydroxylation sites is 1. The van der Waals surface area contributed by atoms with E-state index >= 15 is 0 Å². The van der Waals surface area contributed by atoms with Gasteiger partial charge < -0.3 is 0 Å². The molecule has 0 amide bonds. The number of aryl methyl sites for hydroxylation is 3. The molecule has 0 aliphatic rings. The number of benzene rings is 2. The first kappa shape index (κ1) is 14.5. The van der Waals surface area contributed by atoms with Crippen molar-refractivity contribution in [1.82, 2.24) is 0 Å². The fourth-order valence-corrected chi connectivity index (χ4v) is 2.88. The van der Waals surface area contributed by atoms with Crippen molar-refractivity contribution in [2.24, 2.45) is 7.05 Å². The van der Waals surface area contributed by atoms with Crippen molar-refractivity contribution >= 4 is 23.1 Å². The molecule has 0 atom stereocenters. The second-order valence-corrected chi connectivity index (χ2v) is 6.01. The van der Waals surface area contributed by atoms with Crippen LogP contribution in [0.3, 0.4) is 0 Å². The molecule has 0 N–H and O–H groups in total. The summed E-state index contributed by atoms with van der Waals surface area (Å²) in [6.45, 7) is 6.54. The lowest BCUT2D eigenvalue weighted by molar-refractivity contribution is -0.644. The summed E-state index contributed by atoms with van der Waals surface area (Å²) in [6.07, 6.45) is 6.54. The van der Waals surface area contributed by atoms with Crippen LogP contribution in [0.4, 0.5) is 0 Å². The van der Waals surface area contributed by atoms with Crippen LogP contribution in [0.2, 0.25) is 0 Å². The van der Waals surface area contributed by atoms with Crippen LogP contribution < -0.4 is 4.57 Å². The number of hydrogen-bond acceptors (Lipinski definition) is 0. The van der Waals surface area contributed by atoms with Gasteiger partial charge in [0.2, 0.25) is 5.52 Å². The summed E-state index contributed by atoms with van der Waals surface area (Å²) in [6, 6.07) is 15.2. The first-order valence-corrected chi connectivity index (χ1v) is 7.69. The molecule has 22 heavy (non-hydrogen) atoms. The summed E-state index contributed by atoms with van der Waals surface area (Å²) in [5, 5.41) is 1.28. The van der Waals surface area contributed by atoms with E-state index in [0.717, 1.165) is 0 Å². The Morgan fingerprint density at radius 3 is 2.27 bits per heavy atom. The van der Waals surface area contributed by atoms with E-state index in [-0.39, 0.29) is 0 Å². The minimum absolute atomic E-state index is 1.25. The van der Waals surface area contributed by atoms with Gasteiger partial charge in [0.05, 0.1) is 5.39 Å². The van der Waals surface area contributed by atoms with Gasteiger partial charge in [0, 0.05) is 12.1 Å². The molecule has 0 unspecified atom stereocenters. The van der Waals surface area contributed by atoms with E-state index in [9.17, 15) is 0 Å². The zero-order valence-corrected chi connectivity index (χ0v) is 13.7. The van der Waals surface area contributed by atoms with Crippen LogP contribution in [0.5, 0.6) is 0 Å². The summed E-state index contributed by atoms with van der Waals surface area (Å²) in [5.74, 6) is 0. The Hall–Kier alpha value is -2.41. The molecule has 0 radical (unpaired) electrons. The first-order valence-electron chi connectivity index (χ1n) is 7.69. The quantitative estimate of drug-likeness (QED) is 0.599. The minimum atomic E-state index is 1.25. The summed E-state index contributed by atoms with van der Waals surface area (Å²) < 4.78 is 2.16. The van der Waals surface area contributed by atoms with Crippen molar-refractivity contribution < 1.29 is 4.57 Å². The molecule has 0 bridgehead atoms. The standard InChI is InChI=1S/C21H22N/c1-15-13-18(14-16(2)17(15)3)9-10-19-11-12-22(4)21-8-6-5-7-20(19)21/h5-14H,1-4H3/q+1/b10-9+. The van der Waals surface area contributed by atoms with E-state index in [1.807, 2.05) is 0 Å². The van der Waals surface area contributed by atoms with Crippen LogP contribution in [0.25, 0.3) is 23.1 Å². The molecule has 0 saturated heterocycles. The molecule has 1 heteroatoms. The van der Waals surface area contributed by atoms with Gasteiger partial charge in [-0.3, -0.25) is 0 Å². The number of nitrogens with zero attached hydrogens (tertiary/aromatic N) is 1. The Balaban J connectivity index is 2.05. The summed E-state index contributed by atoms with van der Waals surface area (Å²) in [7, 11) is 2.09. The lowest BCUT2D eigenvalue weighted by Gasteiger charge is -2.06. The molecule has 2 aromatic carbocycles. The van der Waals surface area contributed by atoms with Crippen molar-refractivity contribution in [2.75, 3.05) is 0 Å². The number of pyridine rings is 1. The molecule has 0 fully saturated rings. The zero-order valence-electron chi connectivity index (χ0n) is 13.7. The van der Waals surface area contributed by atoms with E-state index in [1.54, 1.807) is 0 Å². The molecule has 0 spiro atoms. The van der Waals surface area contributed by atoms with Crippen LogP contribution in [0, 0.1) is 20.8 Å². The van der Waals surface area contributed by atoms with Crippen molar-refractivity contribution in [3.8, 4) is 0 Å². The predicted octanol–water partition coefficient (Wildman–Crippen LogP) is 4.76. The summed E-state index contributed by atoms with van der Waals surface area (Å²) in [4.78, 5) is 0. The van der Waals surface area contributed by atoms with Crippen molar-refractivity contribution in [1.29, 1.82) is 0 Å². The molecule has 0 aliphatic heterocycles. The van der Waals surface area contributed by atoms with Gasteiger partial charge in [-0.15, -0.1) is 0 Å². The average Bonchev–Trinajstić information content (AvgIpc) is 2.52. The smallest absolute Gasteiger partial charge is 0.201 e. The fourth-order valence-electron chi connectivity index (χ4n) is 2.88. The van der Waals surface area contributed by atoms with Crippen LogP contribution in [0.15, 0.2) is 48.7 Å². The number of aromatic nitrogens is 1. The molecule has 1 nitrogen and oxygen atoms in total. The van der Waals surface area contributed by atoms with E-state index < -0.39 is 0 Å². The Morgan fingerprint density at radius 1 is 0.864 bits per heavy atom. The molecule has 110 valence electrons. The van der Waals surface area contributed by atoms with E-state index in [0.29, 0.717) is 0 Å². The normalized spacial score (nSPS) is 11.5. The molecular weight excluding hydrogens is 266 g/mol. The molecule has 3 aromatic rings. The maximum absolute atomic E-state index is 2.25. The lowest BCUT2D eigenvalue weighted by atomic mass is 9.99. The highest BCUT2D eigenvalue weighted by atomic mass is 14.9. The SMILES string of the molecule is Cc1cc(/C=C/c2cc[n+](C)c3ccccc23)cc(C)c1C. The van der Waals surface area contributed by atoms with E-state index in [4.69, 9.17) is 0 Å². The average molecular weight is 288 g/mol. The first-order chi connectivity index (χ1) is 10.6. The highest BCUT2D eigenvalue weighted by Crippen LogP contribution is 2.20. The van der Waals surface area contributed by atoms with Crippen LogP contribution in [-0.2, 0) is 7.05 Å². The number of rotatable bonds is 2. The van der Waals surface area contributed by atoms with Gasteiger partial charge in [0.1, 0.15) is 7.05 Å². The van der Waals surface area contributed by atoms with Gasteiger partial charge >= 0.3 is 0 Å². The fraction of sp³-hybridized carbons (Fsp3) is 0.190. The molecule has 1 heterocycles. The number of fused-ring (bicyclic) bond motifs is 1. The Kier molecular flexibility index (Phi) is 3.81. The number of hydrogen-bond donors (Lipinski definition) is 0. The molecule has 0 aliphatic carbocycles. The van der Waals surface area contributed by atoms with Crippen LogP contribution in [-0.4, -0.2) is 0 Å². The topological polar surface area (TPSA) is 3.88 Å². The van der Waals surface area contributed by atoms with Gasteiger partial charge in [-0.2, -0.15) is 0 Å². The monoisotopic (exact) mass is 288 g/mol. The van der Waals surface area contributed by atoms with Gasteiger partial charge in [0.15, 0.2) is 6.20 Å². The van der Waals surface area contributed by atoms with E-state index in [1.165, 1.54) is 38.7 Å². The Morgan fingerprint density at radius 2 is 1.55 bits per heavy atom. The highest BCUT2D eigenvalue weighted by Gasteiger charge is 2.06. The molecular formula is C21H22N+. The summed E-state index contributed by atoms with van der Waals surface area (Å²) in [5.41, 5.74) is 7.85. The largest absolute Gasteiger partial charge is 0.212 e. The van der Waals surface area contributed by atoms with Crippen molar-refractivity contribution in [3.05, 3.63) is 76.5 Å². The van der Waals surface area contributed by atoms with E-state index in [2.05, 4.69) is 93.2 Å². The summed E-state index contributed by atoms with van der Waals surface area (Å²) >= 11 is 0. The predicted molar refractivity (Wildman–Crippen MR) is 94.7 cm³/mol. The molecule has 1 aromatic heterocycles. The van der Waals surface area contributed by atoms with Crippen LogP contribution in [0.1, 0.15) is 27.8 Å². The highest BCUT2D eigenvalue weighted by molar-refractivity contribution is 5.88. The van der Waals surface area contributed by atoms with Gasteiger partial charge in [-0.25, -0.2) is 4.57 Å². The van der Waals surface area contributed by atoms with Crippen molar-refractivity contribution in [3.63, 3.8) is 0 Å². The minimum Gasteiger partial charge on any atom is -0.201 e.